The number of ether oxygens (including phenoxy) is 4. The quantitative estimate of drug-likeness (QED) is 0.0483. The summed E-state index contributed by atoms with van der Waals surface area (Å²) < 4.78 is 48.4. The summed E-state index contributed by atoms with van der Waals surface area (Å²) in [6.45, 7) is 11.2. The van der Waals surface area contributed by atoms with Crippen LogP contribution in [0.15, 0.2) is 34.6 Å². The summed E-state index contributed by atoms with van der Waals surface area (Å²) in [5.41, 5.74) is -0.664. The Hall–Kier alpha value is -3.74. The third-order valence-corrected chi connectivity index (χ3v) is 18.9. The van der Waals surface area contributed by atoms with Gasteiger partial charge in [-0.3, -0.25) is 33.8 Å². The van der Waals surface area contributed by atoms with Crippen LogP contribution in [0.1, 0.15) is 66.8 Å². The van der Waals surface area contributed by atoms with Gasteiger partial charge in [0.05, 0.1) is 68.4 Å². The third-order valence-electron chi connectivity index (χ3n) is 12.4. The van der Waals surface area contributed by atoms with E-state index < -0.39 is 81.2 Å². The molecule has 4 aromatic rings. The van der Waals surface area contributed by atoms with Crippen molar-refractivity contribution in [2.24, 2.45) is 17.8 Å². The van der Waals surface area contributed by atoms with E-state index in [1.807, 2.05) is 13.0 Å². The number of aliphatic hydroxyl groups is 1. The Morgan fingerprint density at radius 1 is 1.09 bits per heavy atom. The van der Waals surface area contributed by atoms with Gasteiger partial charge in [0.1, 0.15) is 30.9 Å². The molecule has 4 N–H and O–H groups in total. The number of fused-ring (bicyclic) bond motifs is 2. The van der Waals surface area contributed by atoms with Gasteiger partial charge in [-0.1, -0.05) is 53.8 Å². The molecule has 3 fully saturated rings. The number of H-pyrrole nitrogens is 1. The summed E-state index contributed by atoms with van der Waals surface area (Å²) in [7, 11) is -2.65. The first kappa shape index (κ1) is 49.2. The summed E-state index contributed by atoms with van der Waals surface area (Å²) >= 11 is 11.0. The summed E-state index contributed by atoms with van der Waals surface area (Å²) in [6.07, 6.45) is -0.298. The fourth-order valence-electron chi connectivity index (χ4n) is 7.46. The Morgan fingerprint density at radius 3 is 2.54 bits per heavy atom. The largest absolute Gasteiger partial charge is 0.409 e. The van der Waals surface area contributed by atoms with Gasteiger partial charge in [-0.25, -0.2) is 14.5 Å². The lowest BCUT2D eigenvalue weighted by molar-refractivity contribution is -0.135. The van der Waals surface area contributed by atoms with Crippen molar-refractivity contribution in [3.8, 4) is 6.07 Å². The molecular weight excluding hydrogens is 924 g/mol. The Morgan fingerprint density at radius 2 is 1.83 bits per heavy atom. The Kier molecular flexibility index (Phi) is 14.7. The first-order valence-corrected chi connectivity index (χ1v) is 27.1. The molecule has 354 valence electrons. The van der Waals surface area contributed by atoms with E-state index in [9.17, 15) is 24.4 Å². The fraction of sp³-hybridized carbons (Fsp3) is 0.667. The van der Waals surface area contributed by atoms with Crippen LogP contribution in [0.25, 0.3) is 16.8 Å². The lowest BCUT2D eigenvalue weighted by Crippen LogP contribution is -2.62. The molecule has 1 aliphatic carbocycles. The number of aromatic nitrogens is 8. The van der Waals surface area contributed by atoms with Crippen LogP contribution in [0, 0.1) is 29.1 Å². The smallest absolute Gasteiger partial charge is 0.324 e. The van der Waals surface area contributed by atoms with Crippen LogP contribution in [-0.2, 0) is 49.0 Å². The van der Waals surface area contributed by atoms with Crippen LogP contribution in [0.3, 0.4) is 0 Å². The summed E-state index contributed by atoms with van der Waals surface area (Å²) in [5, 5.41) is 26.3. The molecule has 22 nitrogen and oxygen atoms in total. The molecule has 4 aromatic heterocycles. The molecule has 2 aliphatic heterocycles. The van der Waals surface area contributed by atoms with Crippen molar-refractivity contribution in [3.05, 3.63) is 45.8 Å². The number of hydrogen-bond acceptors (Lipinski definition) is 18. The number of aromatic amines is 1. The number of nitrogens with zero attached hydrogens (tertiary/aromatic N) is 8. The van der Waals surface area contributed by atoms with Gasteiger partial charge in [-0.15, -0.1) is 0 Å². The highest BCUT2D eigenvalue weighted by atomic mass is 32.5. The number of nitrogens with one attached hydrogen (secondary N) is 2. The number of aliphatic hydroxyl groups excluding tert-OH is 1. The molecule has 1 amide bonds. The Labute approximate surface area is 385 Å². The summed E-state index contributed by atoms with van der Waals surface area (Å²) in [6, 6.07) is 2.01. The van der Waals surface area contributed by atoms with E-state index in [1.54, 1.807) is 24.6 Å². The van der Waals surface area contributed by atoms with Crippen molar-refractivity contribution in [2.45, 2.75) is 122 Å². The molecule has 0 bridgehead atoms. The lowest BCUT2D eigenvalue weighted by Gasteiger charge is -2.42. The molecule has 1 saturated carbocycles. The average Bonchev–Trinajstić information content (AvgIpc) is 4.04. The zero-order chi connectivity index (χ0) is 47.2. The SMILES string of the molecule is CC(C)C(=O)Nc1nc2c(ncn2[C@H]2C[C@@H](C)C(COP(O)(=S)OCC3C(O[Si](C)(C)C(C)(C)C)[C@H](n4cnn5ccnc5c4=O)O[C@@H]3COC3C(=S)C(O)C3OCCC#N)O2)c(=O)[nH]1. The minimum absolute atomic E-state index is 0.0184. The number of rotatable bonds is 18. The molecule has 65 heavy (non-hydrogen) atoms. The highest BCUT2D eigenvalue weighted by Crippen LogP contribution is 2.49. The van der Waals surface area contributed by atoms with Gasteiger partial charge in [0.2, 0.25) is 17.5 Å². The number of carbonyl (C=O) groups is 1. The van der Waals surface area contributed by atoms with Gasteiger partial charge in [0.15, 0.2) is 25.7 Å². The molecule has 7 unspecified atom stereocenters. The number of amides is 1. The molecular formula is C39H55N10O12PS2Si. The van der Waals surface area contributed by atoms with E-state index in [0.29, 0.717) is 6.42 Å². The molecule has 26 heteroatoms. The van der Waals surface area contributed by atoms with Crippen LogP contribution in [-0.4, -0.2) is 131 Å². The number of imidazole rings is 2. The molecule has 7 rings (SSSR count). The first-order valence-electron chi connectivity index (χ1n) is 21.2. The van der Waals surface area contributed by atoms with Crippen molar-refractivity contribution < 1.29 is 47.2 Å². The molecule has 6 heterocycles. The average molecular weight is 979 g/mol. The monoisotopic (exact) mass is 978 g/mol. The number of hydrogen-bond donors (Lipinski definition) is 4. The zero-order valence-electron chi connectivity index (χ0n) is 37.2. The first-order chi connectivity index (χ1) is 30.6. The van der Waals surface area contributed by atoms with Crippen LogP contribution in [0.5, 0.6) is 0 Å². The van der Waals surface area contributed by atoms with Crippen LogP contribution in [0.4, 0.5) is 5.95 Å². The van der Waals surface area contributed by atoms with E-state index in [1.165, 1.54) is 27.9 Å². The fourth-order valence-corrected chi connectivity index (χ4v) is 10.3. The number of carbonyl (C=O) groups excluding carboxylic acids is 1. The van der Waals surface area contributed by atoms with Gasteiger partial charge in [0.25, 0.3) is 11.1 Å². The molecule has 3 aliphatic rings. The third kappa shape index (κ3) is 10.4. The predicted octanol–water partition coefficient (Wildman–Crippen LogP) is 3.12. The maximum atomic E-state index is 13.9. The second-order valence-corrected chi connectivity index (χ2v) is 26.3. The second-order valence-electron chi connectivity index (χ2n) is 18.2. The summed E-state index contributed by atoms with van der Waals surface area (Å²) in [4.78, 5) is 66.3. The minimum atomic E-state index is -4.02. The van der Waals surface area contributed by atoms with E-state index in [-0.39, 0.29) is 83.3 Å². The molecule has 0 spiro atoms. The number of nitriles is 1. The molecule has 11 atom stereocenters. The topological polar surface area (TPSA) is 274 Å². The maximum Gasteiger partial charge on any atom is 0.324 e. The minimum Gasteiger partial charge on any atom is -0.409 e. The van der Waals surface area contributed by atoms with E-state index in [0.717, 1.165) is 0 Å². The summed E-state index contributed by atoms with van der Waals surface area (Å²) in [5.74, 6) is -1.54. The van der Waals surface area contributed by atoms with Crippen molar-refractivity contribution in [1.82, 2.24) is 38.7 Å². The van der Waals surface area contributed by atoms with E-state index >= 15 is 0 Å². The van der Waals surface area contributed by atoms with Crippen molar-refractivity contribution in [3.63, 3.8) is 0 Å². The highest BCUT2D eigenvalue weighted by molar-refractivity contribution is 8.07. The Bertz CT molecular complexity index is 2610. The van der Waals surface area contributed by atoms with Crippen molar-refractivity contribution >= 4 is 72.6 Å². The molecule has 0 radical (unpaired) electrons. The van der Waals surface area contributed by atoms with Crippen molar-refractivity contribution in [1.29, 1.82) is 5.26 Å². The van der Waals surface area contributed by atoms with Crippen LogP contribution in [0.2, 0.25) is 18.1 Å². The molecule has 2 saturated heterocycles. The highest BCUT2D eigenvalue weighted by Gasteiger charge is 2.54. The molecule has 0 aromatic carbocycles. The second kappa shape index (κ2) is 19.5. The van der Waals surface area contributed by atoms with E-state index in [4.69, 9.17) is 61.7 Å². The number of thiocarbonyl (C=S) groups is 1. The van der Waals surface area contributed by atoms with Gasteiger partial charge in [-0.05, 0) is 42.3 Å². The van der Waals surface area contributed by atoms with E-state index in [2.05, 4.69) is 64.2 Å². The standard InChI is InChI=1S/C39H55N10O12PS2Si/c1-20(2)34(51)45-38-44-32-26(35(52)46-38)42-18-47(32)25-14-21(3)23(59-25)17-58-62(54,64)57-15-22-24(16-56-30-29(27(50)31(30)63)55-13-9-10-40)60-37(28(22)61-65(7,8)39(4,5)6)48-19-43-49-12-11-41-33(49)36(48)53/h11-12,18-25,27-30,37,50H,9,13-17H2,1-8H3,(H,54,64)(H2,44,45,46,51,52)/t21-,22?,23?,24-,25-,27?,28?,29?,30?,37-,62?/m1/s1. The normalized spacial score (nSPS) is 28.2. The lowest BCUT2D eigenvalue weighted by atomic mass is 9.87. The van der Waals surface area contributed by atoms with Gasteiger partial charge in [0, 0.05) is 24.2 Å². The Balaban J connectivity index is 1.10. The van der Waals surface area contributed by atoms with Gasteiger partial charge in [-0.2, -0.15) is 15.3 Å². The zero-order valence-corrected chi connectivity index (χ0v) is 40.7. The van der Waals surface area contributed by atoms with Crippen LogP contribution >= 0.6 is 18.9 Å². The van der Waals surface area contributed by atoms with Gasteiger partial charge < -0.3 is 42.4 Å². The van der Waals surface area contributed by atoms with Crippen LogP contribution < -0.4 is 16.4 Å². The predicted molar refractivity (Wildman–Crippen MR) is 243 cm³/mol. The number of anilines is 1. The van der Waals surface area contributed by atoms with Gasteiger partial charge >= 0.3 is 6.72 Å². The maximum absolute atomic E-state index is 13.9. The van der Waals surface area contributed by atoms with Crippen molar-refractivity contribution in [2.75, 3.05) is 31.7 Å².